The van der Waals surface area contributed by atoms with E-state index in [1.807, 2.05) is 0 Å². The van der Waals surface area contributed by atoms with E-state index < -0.39 is 35.5 Å². The summed E-state index contributed by atoms with van der Waals surface area (Å²) in [4.78, 5) is 11.8. The van der Waals surface area contributed by atoms with E-state index >= 15 is 0 Å². The van der Waals surface area contributed by atoms with Crippen molar-refractivity contribution in [1.29, 1.82) is 0 Å². The summed E-state index contributed by atoms with van der Waals surface area (Å²) in [7, 11) is 0. The van der Waals surface area contributed by atoms with Gasteiger partial charge in [0.25, 0.3) is 0 Å². The minimum Gasteiger partial charge on any atom is -0.444 e. The average Bonchev–Trinajstić information content (AvgIpc) is 2.31. The number of rotatable bonds is 3. The molecule has 0 bridgehead atoms. The Balaban J connectivity index is 3.10. The number of benzene rings is 1. The monoisotopic (exact) mass is 365 g/mol. The Bertz CT molecular complexity index is 546. The van der Waals surface area contributed by atoms with Gasteiger partial charge in [-0.25, -0.2) is 13.6 Å². The van der Waals surface area contributed by atoms with Crippen molar-refractivity contribution in [2.24, 2.45) is 0 Å². The second kappa shape index (κ2) is 6.27. The highest BCUT2D eigenvalue weighted by atomic mass is 79.9. The van der Waals surface area contributed by atoms with E-state index in [-0.39, 0.29) is 10.0 Å². The number of nitrogens with one attached hydrogen (secondary N) is 1. The van der Waals surface area contributed by atoms with Crippen LogP contribution in [-0.2, 0) is 10.3 Å². The summed E-state index contributed by atoms with van der Waals surface area (Å²) in [5, 5.41) is 11.9. The summed E-state index contributed by atoms with van der Waals surface area (Å²) >= 11 is 2.95. The van der Waals surface area contributed by atoms with E-state index in [1.165, 1.54) is 13.0 Å². The molecule has 0 fully saturated rings. The fraction of sp³-hybridized carbons (Fsp3) is 0.500. The number of carbonyl (C=O) groups excluding carboxylic acids is 1. The van der Waals surface area contributed by atoms with E-state index in [1.54, 1.807) is 20.8 Å². The van der Waals surface area contributed by atoms with Gasteiger partial charge in [0.15, 0.2) is 0 Å². The zero-order chi connectivity index (χ0) is 16.4. The van der Waals surface area contributed by atoms with Gasteiger partial charge in [-0.1, -0.05) is 0 Å². The van der Waals surface area contributed by atoms with Gasteiger partial charge in [0.05, 0.1) is 16.6 Å². The average molecular weight is 366 g/mol. The Morgan fingerprint density at radius 3 is 2.33 bits per heavy atom. The lowest BCUT2D eigenvalue weighted by atomic mass is 9.92. The smallest absolute Gasteiger partial charge is 0.408 e. The van der Waals surface area contributed by atoms with Gasteiger partial charge >= 0.3 is 6.09 Å². The number of ether oxygens (including phenoxy) is 1. The molecule has 7 heteroatoms. The zero-order valence-corrected chi connectivity index (χ0v) is 13.8. The molecule has 118 valence electrons. The van der Waals surface area contributed by atoms with Crippen LogP contribution in [0.5, 0.6) is 0 Å². The normalized spacial score (nSPS) is 14.5. The van der Waals surface area contributed by atoms with Crippen molar-refractivity contribution in [2.75, 3.05) is 6.61 Å². The van der Waals surface area contributed by atoms with Crippen LogP contribution in [0.4, 0.5) is 13.6 Å². The maximum absolute atomic E-state index is 13.9. The third-order valence-electron chi connectivity index (χ3n) is 2.70. The number of aliphatic hydroxyl groups is 1. The topological polar surface area (TPSA) is 58.6 Å². The molecule has 1 aromatic carbocycles. The molecule has 21 heavy (non-hydrogen) atoms. The number of amides is 1. The fourth-order valence-electron chi connectivity index (χ4n) is 1.67. The van der Waals surface area contributed by atoms with Crippen LogP contribution in [0.3, 0.4) is 0 Å². The van der Waals surface area contributed by atoms with Gasteiger partial charge in [0.2, 0.25) is 0 Å². The van der Waals surface area contributed by atoms with Gasteiger partial charge in [-0.05, 0) is 49.7 Å². The number of hydrogen-bond acceptors (Lipinski definition) is 3. The van der Waals surface area contributed by atoms with Crippen LogP contribution >= 0.6 is 15.9 Å². The first-order chi connectivity index (χ1) is 9.48. The summed E-state index contributed by atoms with van der Waals surface area (Å²) in [5.41, 5.74) is -2.23. The Morgan fingerprint density at radius 1 is 1.29 bits per heavy atom. The number of carbonyl (C=O) groups is 1. The molecule has 1 atom stereocenters. The minimum atomic E-state index is -1.44. The van der Waals surface area contributed by atoms with E-state index in [4.69, 9.17) is 4.74 Å². The molecule has 0 radical (unpaired) electrons. The molecule has 1 amide bonds. The maximum Gasteiger partial charge on any atom is 0.408 e. The van der Waals surface area contributed by atoms with E-state index in [0.717, 1.165) is 0 Å². The molecule has 0 saturated carbocycles. The molecule has 0 saturated heterocycles. The molecule has 1 aromatic rings. The Hall–Kier alpha value is -1.21. The molecule has 0 aliphatic heterocycles. The van der Waals surface area contributed by atoms with Gasteiger partial charge in [-0.15, -0.1) is 0 Å². The number of halogens is 3. The first-order valence-corrected chi connectivity index (χ1v) is 7.05. The second-order valence-corrected chi connectivity index (χ2v) is 6.72. The van der Waals surface area contributed by atoms with Crippen LogP contribution < -0.4 is 5.32 Å². The molecule has 0 spiro atoms. The Labute approximate surface area is 130 Å². The molecule has 4 nitrogen and oxygen atoms in total. The number of aliphatic hydroxyl groups excluding tert-OH is 1. The lowest BCUT2D eigenvalue weighted by molar-refractivity contribution is 0.0408. The highest BCUT2D eigenvalue weighted by Gasteiger charge is 2.33. The first-order valence-electron chi connectivity index (χ1n) is 6.25. The number of alkyl carbamates (subject to hydrolysis) is 1. The predicted molar refractivity (Wildman–Crippen MR) is 77.9 cm³/mol. The Kier molecular flexibility index (Phi) is 5.33. The highest BCUT2D eigenvalue weighted by Crippen LogP contribution is 2.28. The standard InChI is InChI=1S/C14H18BrF2NO3/c1-13(2,3)21-12(20)18-14(4,7-19)8-5-9(15)11(17)6-10(8)16/h5-6,19H,7H2,1-4H3,(H,18,20). The second-order valence-electron chi connectivity index (χ2n) is 5.86. The molecule has 1 unspecified atom stereocenters. The molecule has 1 rings (SSSR count). The van der Waals surface area contributed by atoms with Crippen molar-refractivity contribution < 1.29 is 23.4 Å². The third-order valence-corrected chi connectivity index (χ3v) is 3.31. The quantitative estimate of drug-likeness (QED) is 0.806. The van der Waals surface area contributed by atoms with Crippen LogP contribution in [0, 0.1) is 11.6 Å². The first kappa shape index (κ1) is 17.8. The summed E-state index contributed by atoms with van der Waals surface area (Å²) in [6, 6.07) is 1.86. The molecule has 0 aliphatic carbocycles. The molecule has 0 aromatic heterocycles. The van der Waals surface area contributed by atoms with Crippen molar-refractivity contribution in [2.45, 2.75) is 38.8 Å². The number of hydrogen-bond donors (Lipinski definition) is 2. The van der Waals surface area contributed by atoms with Crippen LogP contribution in [-0.4, -0.2) is 23.4 Å². The summed E-state index contributed by atoms with van der Waals surface area (Å²) in [6.07, 6.45) is -0.807. The van der Waals surface area contributed by atoms with Crippen LogP contribution in [0.25, 0.3) is 0 Å². The van der Waals surface area contributed by atoms with Crippen LogP contribution in [0.1, 0.15) is 33.3 Å². The lowest BCUT2D eigenvalue weighted by Gasteiger charge is -2.31. The van der Waals surface area contributed by atoms with Crippen molar-refractivity contribution in [3.05, 3.63) is 33.8 Å². The molecular formula is C14H18BrF2NO3. The van der Waals surface area contributed by atoms with E-state index in [9.17, 15) is 18.7 Å². The highest BCUT2D eigenvalue weighted by molar-refractivity contribution is 9.10. The van der Waals surface area contributed by atoms with Gasteiger partial charge in [0, 0.05) is 11.6 Å². The van der Waals surface area contributed by atoms with Gasteiger partial charge < -0.3 is 15.2 Å². The van der Waals surface area contributed by atoms with Gasteiger partial charge in [0.1, 0.15) is 17.2 Å². The molecular weight excluding hydrogens is 348 g/mol. The predicted octanol–water partition coefficient (Wildman–Crippen LogP) is 3.46. The van der Waals surface area contributed by atoms with Gasteiger partial charge in [-0.2, -0.15) is 0 Å². The van der Waals surface area contributed by atoms with Crippen molar-refractivity contribution >= 4 is 22.0 Å². The molecule has 2 N–H and O–H groups in total. The van der Waals surface area contributed by atoms with Gasteiger partial charge in [-0.3, -0.25) is 0 Å². The van der Waals surface area contributed by atoms with E-state index in [0.29, 0.717) is 6.07 Å². The van der Waals surface area contributed by atoms with Crippen LogP contribution in [0.2, 0.25) is 0 Å². The summed E-state index contributed by atoms with van der Waals surface area (Å²) in [5.74, 6) is -1.64. The lowest BCUT2D eigenvalue weighted by Crippen LogP contribution is -2.48. The largest absolute Gasteiger partial charge is 0.444 e. The van der Waals surface area contributed by atoms with Crippen LogP contribution in [0.15, 0.2) is 16.6 Å². The van der Waals surface area contributed by atoms with Crippen molar-refractivity contribution in [3.63, 3.8) is 0 Å². The molecule has 0 aliphatic rings. The maximum atomic E-state index is 13.9. The zero-order valence-electron chi connectivity index (χ0n) is 12.3. The van der Waals surface area contributed by atoms with Crippen molar-refractivity contribution in [3.8, 4) is 0 Å². The van der Waals surface area contributed by atoms with E-state index in [2.05, 4.69) is 21.2 Å². The van der Waals surface area contributed by atoms with Crippen molar-refractivity contribution in [1.82, 2.24) is 5.32 Å². The summed E-state index contributed by atoms with van der Waals surface area (Å²) < 4.78 is 32.3. The fourth-order valence-corrected chi connectivity index (χ4v) is 2.01. The molecule has 0 heterocycles. The SMILES string of the molecule is CC(C)(C)OC(=O)NC(C)(CO)c1cc(Br)c(F)cc1F. The Morgan fingerprint density at radius 2 is 1.86 bits per heavy atom. The third kappa shape index (κ3) is 4.64. The summed E-state index contributed by atoms with van der Waals surface area (Å²) in [6.45, 7) is 5.87. The minimum absolute atomic E-state index is 0.0320.